The Morgan fingerprint density at radius 2 is 1.89 bits per heavy atom. The summed E-state index contributed by atoms with van der Waals surface area (Å²) in [6.07, 6.45) is 8.69. The highest BCUT2D eigenvalue weighted by Gasteiger charge is 2.54. The summed E-state index contributed by atoms with van der Waals surface area (Å²) in [6.45, 7) is 6.72. The van der Waals surface area contributed by atoms with Crippen molar-refractivity contribution in [3.05, 3.63) is 0 Å². The van der Waals surface area contributed by atoms with Gasteiger partial charge >= 0.3 is 0 Å². The lowest BCUT2D eigenvalue weighted by Crippen LogP contribution is -2.46. The van der Waals surface area contributed by atoms with Gasteiger partial charge in [-0.2, -0.15) is 0 Å². The zero-order chi connectivity index (χ0) is 13.6. The van der Waals surface area contributed by atoms with E-state index < -0.39 is 0 Å². The van der Waals surface area contributed by atoms with Crippen LogP contribution < -0.4 is 5.32 Å². The van der Waals surface area contributed by atoms with Gasteiger partial charge in [0.05, 0.1) is 11.7 Å². The Morgan fingerprint density at radius 3 is 2.42 bits per heavy atom. The number of carbonyl (C=O) groups is 1. The van der Waals surface area contributed by atoms with Gasteiger partial charge in [0, 0.05) is 6.04 Å². The highest BCUT2D eigenvalue weighted by molar-refractivity contribution is 5.89. The van der Waals surface area contributed by atoms with Crippen LogP contribution in [0.3, 0.4) is 0 Å². The van der Waals surface area contributed by atoms with Crippen molar-refractivity contribution < 1.29 is 4.79 Å². The number of nitrogens with zero attached hydrogens (tertiary/aromatic N) is 1. The third-order valence-corrected chi connectivity index (χ3v) is 5.30. The summed E-state index contributed by atoms with van der Waals surface area (Å²) in [6, 6.07) is 0.403. The third-order valence-electron chi connectivity index (χ3n) is 5.30. The molecule has 108 valence electrons. The Balaban J connectivity index is 1.79. The summed E-state index contributed by atoms with van der Waals surface area (Å²) >= 11 is 0. The summed E-state index contributed by atoms with van der Waals surface area (Å²) in [5.41, 5.74) is -0.202. The standard InChI is InChI=1S/C16H28N2O/c1-11(2)14-17-16(8-4-5-9-16)15(19)18(14)12(3)10-13-6-7-13/h11-14,17H,4-10H2,1-3H3. The first kappa shape index (κ1) is 13.4. The Morgan fingerprint density at radius 1 is 1.26 bits per heavy atom. The summed E-state index contributed by atoms with van der Waals surface area (Å²) in [5, 5.41) is 3.72. The van der Waals surface area contributed by atoms with Gasteiger partial charge in [0.1, 0.15) is 0 Å². The molecule has 2 saturated carbocycles. The van der Waals surface area contributed by atoms with E-state index in [2.05, 4.69) is 31.0 Å². The van der Waals surface area contributed by atoms with Crippen molar-refractivity contribution in [2.75, 3.05) is 0 Å². The van der Waals surface area contributed by atoms with Crippen LogP contribution in [0.1, 0.15) is 65.7 Å². The molecule has 1 N–H and O–H groups in total. The maximum atomic E-state index is 13.0. The van der Waals surface area contributed by atoms with Gasteiger partial charge in [-0.15, -0.1) is 0 Å². The van der Waals surface area contributed by atoms with Crippen molar-refractivity contribution in [2.24, 2.45) is 11.8 Å². The van der Waals surface area contributed by atoms with E-state index in [1.54, 1.807) is 0 Å². The maximum absolute atomic E-state index is 13.0. The van der Waals surface area contributed by atoms with E-state index in [0.29, 0.717) is 17.9 Å². The van der Waals surface area contributed by atoms with Crippen molar-refractivity contribution in [3.63, 3.8) is 0 Å². The second-order valence-corrected chi connectivity index (χ2v) is 7.36. The number of hydrogen-bond donors (Lipinski definition) is 1. The van der Waals surface area contributed by atoms with Crippen LogP contribution in [0.25, 0.3) is 0 Å². The first-order valence-corrected chi connectivity index (χ1v) is 8.14. The molecule has 0 aromatic heterocycles. The van der Waals surface area contributed by atoms with E-state index in [4.69, 9.17) is 0 Å². The van der Waals surface area contributed by atoms with Crippen LogP contribution in [-0.4, -0.2) is 28.6 Å². The first-order valence-electron chi connectivity index (χ1n) is 8.14. The molecule has 3 heteroatoms. The molecule has 0 radical (unpaired) electrons. The molecular formula is C16H28N2O. The van der Waals surface area contributed by atoms with Crippen molar-refractivity contribution in [1.82, 2.24) is 10.2 Å². The van der Waals surface area contributed by atoms with Gasteiger partial charge in [-0.3, -0.25) is 10.1 Å². The molecule has 2 unspecified atom stereocenters. The number of amides is 1. The van der Waals surface area contributed by atoms with Crippen LogP contribution in [0.15, 0.2) is 0 Å². The summed E-state index contributed by atoms with van der Waals surface area (Å²) in [4.78, 5) is 15.2. The summed E-state index contributed by atoms with van der Waals surface area (Å²) < 4.78 is 0. The fourth-order valence-electron chi connectivity index (χ4n) is 4.04. The summed E-state index contributed by atoms with van der Waals surface area (Å²) in [5.74, 6) is 1.78. The van der Waals surface area contributed by atoms with Gasteiger partial charge in [-0.1, -0.05) is 39.5 Å². The van der Waals surface area contributed by atoms with E-state index in [1.807, 2.05) is 0 Å². The van der Waals surface area contributed by atoms with E-state index in [-0.39, 0.29) is 11.7 Å². The Hall–Kier alpha value is -0.570. The second-order valence-electron chi connectivity index (χ2n) is 7.36. The molecule has 19 heavy (non-hydrogen) atoms. The van der Waals surface area contributed by atoms with Crippen LogP contribution in [0.4, 0.5) is 0 Å². The monoisotopic (exact) mass is 264 g/mol. The number of rotatable bonds is 4. The molecule has 1 amide bonds. The fraction of sp³-hybridized carbons (Fsp3) is 0.938. The molecule has 3 aliphatic rings. The van der Waals surface area contributed by atoms with Gasteiger partial charge in [0.15, 0.2) is 0 Å². The van der Waals surface area contributed by atoms with E-state index in [0.717, 1.165) is 18.8 Å². The van der Waals surface area contributed by atoms with Gasteiger partial charge < -0.3 is 4.90 Å². The van der Waals surface area contributed by atoms with E-state index in [1.165, 1.54) is 32.1 Å². The molecule has 0 bridgehead atoms. The lowest BCUT2D eigenvalue weighted by atomic mass is 9.97. The zero-order valence-electron chi connectivity index (χ0n) is 12.6. The Kier molecular flexibility index (Phi) is 3.36. The van der Waals surface area contributed by atoms with E-state index >= 15 is 0 Å². The van der Waals surface area contributed by atoms with Crippen LogP contribution >= 0.6 is 0 Å². The number of nitrogens with one attached hydrogen (secondary N) is 1. The predicted octanol–water partition coefficient (Wildman–Crippen LogP) is 2.90. The highest BCUT2D eigenvalue weighted by Crippen LogP contribution is 2.41. The smallest absolute Gasteiger partial charge is 0.244 e. The van der Waals surface area contributed by atoms with E-state index in [9.17, 15) is 4.79 Å². The largest absolute Gasteiger partial charge is 0.323 e. The second kappa shape index (κ2) is 4.76. The van der Waals surface area contributed by atoms with Crippen molar-refractivity contribution >= 4 is 5.91 Å². The quantitative estimate of drug-likeness (QED) is 0.847. The van der Waals surface area contributed by atoms with Crippen LogP contribution in [-0.2, 0) is 4.79 Å². The normalized spacial score (nSPS) is 31.7. The van der Waals surface area contributed by atoms with Crippen LogP contribution in [0.5, 0.6) is 0 Å². The molecule has 2 aliphatic carbocycles. The molecule has 1 spiro atoms. The number of hydrogen-bond acceptors (Lipinski definition) is 2. The molecule has 2 atom stereocenters. The molecule has 1 aliphatic heterocycles. The SMILES string of the molecule is CC(C)C1NC2(CCCC2)C(=O)N1C(C)CC1CC1. The molecule has 3 fully saturated rings. The molecular weight excluding hydrogens is 236 g/mol. The van der Waals surface area contributed by atoms with Gasteiger partial charge in [0.25, 0.3) is 0 Å². The third kappa shape index (κ3) is 2.31. The van der Waals surface area contributed by atoms with Gasteiger partial charge in [0.2, 0.25) is 5.91 Å². The van der Waals surface area contributed by atoms with Crippen LogP contribution in [0, 0.1) is 11.8 Å². The minimum absolute atomic E-state index is 0.202. The predicted molar refractivity (Wildman–Crippen MR) is 76.6 cm³/mol. The Bertz CT molecular complexity index is 356. The highest BCUT2D eigenvalue weighted by atomic mass is 16.2. The van der Waals surface area contributed by atoms with Crippen molar-refractivity contribution in [1.29, 1.82) is 0 Å². The van der Waals surface area contributed by atoms with Gasteiger partial charge in [-0.05, 0) is 38.0 Å². The average Bonchev–Trinajstić information content (AvgIpc) is 2.96. The summed E-state index contributed by atoms with van der Waals surface area (Å²) in [7, 11) is 0. The molecule has 1 heterocycles. The van der Waals surface area contributed by atoms with Crippen molar-refractivity contribution in [2.45, 2.75) is 83.5 Å². The first-order chi connectivity index (χ1) is 9.03. The lowest BCUT2D eigenvalue weighted by molar-refractivity contribution is -0.135. The fourth-order valence-corrected chi connectivity index (χ4v) is 4.04. The minimum Gasteiger partial charge on any atom is -0.323 e. The topological polar surface area (TPSA) is 32.3 Å². The number of carbonyl (C=O) groups excluding carboxylic acids is 1. The molecule has 3 nitrogen and oxygen atoms in total. The Labute approximate surface area is 117 Å². The average molecular weight is 264 g/mol. The zero-order valence-corrected chi connectivity index (χ0v) is 12.6. The maximum Gasteiger partial charge on any atom is 0.244 e. The molecule has 0 aromatic rings. The molecule has 0 aromatic carbocycles. The van der Waals surface area contributed by atoms with Crippen molar-refractivity contribution in [3.8, 4) is 0 Å². The lowest BCUT2D eigenvalue weighted by Gasteiger charge is -2.32. The molecule has 3 rings (SSSR count). The minimum atomic E-state index is -0.202. The van der Waals surface area contributed by atoms with Crippen LogP contribution in [0.2, 0.25) is 0 Å². The molecule has 1 saturated heterocycles. The van der Waals surface area contributed by atoms with Gasteiger partial charge in [-0.25, -0.2) is 0 Å².